The summed E-state index contributed by atoms with van der Waals surface area (Å²) in [4.78, 5) is 0. The van der Waals surface area contributed by atoms with Crippen molar-refractivity contribution in [3.8, 4) is 0 Å². The first-order chi connectivity index (χ1) is 10.8. The van der Waals surface area contributed by atoms with E-state index in [1.165, 1.54) is 25.7 Å². The standard InChI is InChI=1S/C22H38/c1-15(17-9-4-3-5-10-17)19-13-8-14-21-20-12-7-6-11-18(20)16(2)22(19)21/h15-22H,3-14H2,1-2H3. The molecule has 126 valence electrons. The zero-order chi connectivity index (χ0) is 15.1. The molecule has 0 radical (unpaired) electrons. The Bertz CT molecular complexity index is 366. The molecule has 0 amide bonds. The summed E-state index contributed by atoms with van der Waals surface area (Å²) in [5, 5.41) is 0. The van der Waals surface area contributed by atoms with Crippen molar-refractivity contribution in [1.82, 2.24) is 0 Å². The highest BCUT2D eigenvalue weighted by atomic mass is 14.6. The molecular weight excluding hydrogens is 264 g/mol. The van der Waals surface area contributed by atoms with Crippen LogP contribution >= 0.6 is 0 Å². The highest BCUT2D eigenvalue weighted by Crippen LogP contribution is 2.60. The van der Waals surface area contributed by atoms with E-state index in [-0.39, 0.29) is 0 Å². The normalized spacial score (nSPS) is 47.7. The van der Waals surface area contributed by atoms with Gasteiger partial charge in [0, 0.05) is 0 Å². The maximum atomic E-state index is 2.67. The minimum Gasteiger partial charge on any atom is -0.0620 e. The van der Waals surface area contributed by atoms with Crippen molar-refractivity contribution in [3.05, 3.63) is 0 Å². The maximum Gasteiger partial charge on any atom is -0.0323 e. The first kappa shape index (κ1) is 15.5. The Kier molecular flexibility index (Phi) is 4.57. The third-order valence-electron chi connectivity index (χ3n) is 8.84. The molecule has 0 spiro atoms. The van der Waals surface area contributed by atoms with Gasteiger partial charge in [-0.1, -0.05) is 65.2 Å². The van der Waals surface area contributed by atoms with Crippen LogP contribution in [0.3, 0.4) is 0 Å². The maximum absolute atomic E-state index is 2.67. The van der Waals surface area contributed by atoms with Crippen LogP contribution in [0.25, 0.3) is 0 Å². The largest absolute Gasteiger partial charge is 0.0620 e. The molecule has 4 fully saturated rings. The fourth-order valence-electron chi connectivity index (χ4n) is 7.85. The SMILES string of the molecule is CC(C1CCCCC1)C1CCCC2C3CCCCC3C(C)C12. The molecule has 0 heteroatoms. The third kappa shape index (κ3) is 2.57. The van der Waals surface area contributed by atoms with Crippen molar-refractivity contribution in [1.29, 1.82) is 0 Å². The van der Waals surface area contributed by atoms with Crippen LogP contribution in [0.15, 0.2) is 0 Å². The van der Waals surface area contributed by atoms with E-state index >= 15 is 0 Å². The molecule has 4 aliphatic carbocycles. The Morgan fingerprint density at radius 3 is 2.05 bits per heavy atom. The van der Waals surface area contributed by atoms with Crippen LogP contribution in [-0.4, -0.2) is 0 Å². The summed E-state index contributed by atoms with van der Waals surface area (Å²) in [6.07, 6.45) is 18.6. The number of hydrogen-bond acceptors (Lipinski definition) is 0. The van der Waals surface area contributed by atoms with Crippen LogP contribution < -0.4 is 0 Å². The minimum absolute atomic E-state index is 1.02. The number of rotatable bonds is 2. The zero-order valence-electron chi connectivity index (χ0n) is 15.1. The lowest BCUT2D eigenvalue weighted by molar-refractivity contribution is 0.0530. The Hall–Kier alpha value is 0. The Labute approximate surface area is 138 Å². The van der Waals surface area contributed by atoms with E-state index in [9.17, 15) is 0 Å². The summed E-state index contributed by atoms with van der Waals surface area (Å²) in [7, 11) is 0. The Balaban J connectivity index is 1.52. The van der Waals surface area contributed by atoms with Crippen LogP contribution in [0.4, 0.5) is 0 Å². The molecule has 0 heterocycles. The summed E-state index contributed by atoms with van der Waals surface area (Å²) >= 11 is 0. The zero-order valence-corrected chi connectivity index (χ0v) is 15.1. The van der Waals surface area contributed by atoms with E-state index < -0.39 is 0 Å². The molecule has 0 aromatic rings. The average molecular weight is 303 g/mol. The van der Waals surface area contributed by atoms with Crippen LogP contribution in [0.2, 0.25) is 0 Å². The second-order valence-electron chi connectivity index (χ2n) is 9.56. The molecule has 0 bridgehead atoms. The van der Waals surface area contributed by atoms with Gasteiger partial charge < -0.3 is 0 Å². The molecule has 0 nitrogen and oxygen atoms in total. The van der Waals surface area contributed by atoms with Crippen LogP contribution in [0.1, 0.15) is 90.9 Å². The monoisotopic (exact) mass is 302 g/mol. The van der Waals surface area contributed by atoms with Crippen molar-refractivity contribution in [3.63, 3.8) is 0 Å². The molecule has 0 aromatic heterocycles. The second kappa shape index (κ2) is 6.48. The van der Waals surface area contributed by atoms with Crippen molar-refractivity contribution in [2.24, 2.45) is 47.3 Å². The van der Waals surface area contributed by atoms with Gasteiger partial charge in [0.25, 0.3) is 0 Å². The van der Waals surface area contributed by atoms with Gasteiger partial charge in [0.15, 0.2) is 0 Å². The number of hydrogen-bond donors (Lipinski definition) is 0. The van der Waals surface area contributed by atoms with Gasteiger partial charge in [-0.3, -0.25) is 0 Å². The molecule has 4 aliphatic rings. The molecule has 7 atom stereocenters. The molecule has 0 N–H and O–H groups in total. The predicted octanol–water partition coefficient (Wildman–Crippen LogP) is 6.69. The Morgan fingerprint density at radius 1 is 0.636 bits per heavy atom. The van der Waals surface area contributed by atoms with Crippen molar-refractivity contribution in [2.45, 2.75) is 90.9 Å². The van der Waals surface area contributed by atoms with Crippen LogP contribution in [0, 0.1) is 47.3 Å². The van der Waals surface area contributed by atoms with Crippen LogP contribution in [0.5, 0.6) is 0 Å². The lowest BCUT2D eigenvalue weighted by atomic mass is 9.61. The first-order valence-corrected chi connectivity index (χ1v) is 10.8. The molecular formula is C22H38. The van der Waals surface area contributed by atoms with Gasteiger partial charge in [-0.25, -0.2) is 0 Å². The highest BCUT2D eigenvalue weighted by molar-refractivity contribution is 5.02. The quantitative estimate of drug-likeness (QED) is 0.533. The molecule has 4 saturated carbocycles. The van der Waals surface area contributed by atoms with E-state index in [4.69, 9.17) is 0 Å². The first-order valence-electron chi connectivity index (χ1n) is 10.8. The second-order valence-corrected chi connectivity index (χ2v) is 9.56. The van der Waals surface area contributed by atoms with Gasteiger partial charge in [-0.15, -0.1) is 0 Å². The smallest absolute Gasteiger partial charge is 0.0323 e. The minimum atomic E-state index is 1.02. The lowest BCUT2D eigenvalue weighted by Crippen LogP contribution is -2.36. The average Bonchev–Trinajstić information content (AvgIpc) is 2.89. The molecule has 22 heavy (non-hydrogen) atoms. The van der Waals surface area contributed by atoms with Crippen LogP contribution in [-0.2, 0) is 0 Å². The summed E-state index contributed by atoms with van der Waals surface area (Å²) < 4.78 is 0. The molecule has 0 saturated heterocycles. The predicted molar refractivity (Wildman–Crippen MR) is 94.7 cm³/mol. The fourth-order valence-corrected chi connectivity index (χ4v) is 7.85. The van der Waals surface area contributed by atoms with Gasteiger partial charge in [0.2, 0.25) is 0 Å². The van der Waals surface area contributed by atoms with E-state index in [1.807, 2.05) is 0 Å². The highest BCUT2D eigenvalue weighted by Gasteiger charge is 2.53. The van der Waals surface area contributed by atoms with E-state index in [2.05, 4.69) is 13.8 Å². The summed E-state index contributed by atoms with van der Waals surface area (Å²) in [5.41, 5.74) is 0. The topological polar surface area (TPSA) is 0 Å². The van der Waals surface area contributed by atoms with Crippen molar-refractivity contribution in [2.75, 3.05) is 0 Å². The van der Waals surface area contributed by atoms with Gasteiger partial charge in [-0.05, 0) is 73.0 Å². The summed E-state index contributed by atoms with van der Waals surface area (Å²) in [6.45, 7) is 5.33. The number of fused-ring (bicyclic) bond motifs is 3. The molecule has 7 unspecified atom stereocenters. The van der Waals surface area contributed by atoms with E-state index in [0.717, 1.165) is 47.3 Å². The van der Waals surface area contributed by atoms with Crippen molar-refractivity contribution < 1.29 is 0 Å². The van der Waals surface area contributed by atoms with Gasteiger partial charge in [0.05, 0.1) is 0 Å². The Morgan fingerprint density at radius 2 is 1.27 bits per heavy atom. The van der Waals surface area contributed by atoms with E-state index in [0.29, 0.717) is 0 Å². The lowest BCUT2D eigenvalue weighted by Gasteiger charge is -2.44. The fraction of sp³-hybridized carbons (Fsp3) is 1.00. The summed E-state index contributed by atoms with van der Waals surface area (Å²) in [5.74, 6) is 8.72. The van der Waals surface area contributed by atoms with Gasteiger partial charge in [0.1, 0.15) is 0 Å². The van der Waals surface area contributed by atoms with Crippen molar-refractivity contribution >= 4 is 0 Å². The van der Waals surface area contributed by atoms with Gasteiger partial charge in [-0.2, -0.15) is 0 Å². The van der Waals surface area contributed by atoms with Gasteiger partial charge >= 0.3 is 0 Å². The molecule has 0 aromatic carbocycles. The molecule has 0 aliphatic heterocycles. The van der Waals surface area contributed by atoms with E-state index in [1.54, 1.807) is 51.4 Å². The summed E-state index contributed by atoms with van der Waals surface area (Å²) in [6, 6.07) is 0. The molecule has 4 rings (SSSR count). The third-order valence-corrected chi connectivity index (χ3v) is 8.84.